The Morgan fingerprint density at radius 1 is 1.47 bits per heavy atom. The summed E-state index contributed by atoms with van der Waals surface area (Å²) < 4.78 is 13.4. The number of carbonyl (C=O) groups excluding carboxylic acids is 1. The summed E-state index contributed by atoms with van der Waals surface area (Å²) in [5, 5.41) is 3.57. The summed E-state index contributed by atoms with van der Waals surface area (Å²) in [5.41, 5.74) is 0.283. The quantitative estimate of drug-likeness (QED) is 0.808. The number of amides is 1. The predicted octanol–water partition coefficient (Wildman–Crippen LogP) is 3.74. The van der Waals surface area contributed by atoms with Crippen molar-refractivity contribution in [3.63, 3.8) is 0 Å². The Balaban J connectivity index is 2.74. The fourth-order valence-electron chi connectivity index (χ4n) is 1.14. The smallest absolute Gasteiger partial charge is 0.252 e. The van der Waals surface area contributed by atoms with Crippen LogP contribution < -0.4 is 5.32 Å². The average Bonchev–Trinajstić information content (AvgIpc) is 2.30. The van der Waals surface area contributed by atoms with Gasteiger partial charge in [-0.1, -0.05) is 35.8 Å². The lowest BCUT2D eigenvalue weighted by Crippen LogP contribution is -2.35. The van der Waals surface area contributed by atoms with Crippen molar-refractivity contribution in [1.82, 2.24) is 5.32 Å². The van der Waals surface area contributed by atoms with Crippen molar-refractivity contribution in [2.24, 2.45) is 5.41 Å². The van der Waals surface area contributed by atoms with Crippen molar-refractivity contribution >= 4 is 37.8 Å². The molecule has 0 spiro atoms. The van der Waals surface area contributed by atoms with Gasteiger partial charge in [0.2, 0.25) is 0 Å². The van der Waals surface area contributed by atoms with E-state index in [4.69, 9.17) is 0 Å². The molecule has 94 valence electrons. The molecule has 0 fully saturated rings. The summed E-state index contributed by atoms with van der Waals surface area (Å²) in [6, 6.07) is 4.41. The molecule has 5 heteroatoms. The molecule has 0 aliphatic carbocycles. The van der Waals surface area contributed by atoms with E-state index in [-0.39, 0.29) is 15.8 Å². The molecule has 0 unspecified atom stereocenters. The number of nitrogens with one attached hydrogen (secondary N) is 1. The van der Waals surface area contributed by atoms with Gasteiger partial charge in [-0.15, -0.1) is 0 Å². The number of halogens is 3. The van der Waals surface area contributed by atoms with Crippen molar-refractivity contribution in [2.45, 2.75) is 13.8 Å². The second kappa shape index (κ2) is 5.96. The summed E-state index contributed by atoms with van der Waals surface area (Å²) in [6.45, 7) is 4.59. The van der Waals surface area contributed by atoms with E-state index in [9.17, 15) is 9.18 Å². The molecule has 1 aromatic rings. The van der Waals surface area contributed by atoms with E-state index in [1.165, 1.54) is 12.1 Å². The standard InChI is InChI=1S/C12H14Br2FNO/c1-12(2,6-13)7-16-11(17)8-4-3-5-9(15)10(8)14/h3-5H,6-7H2,1-2H3,(H,16,17). The number of carbonyl (C=O) groups is 1. The second-order valence-electron chi connectivity index (χ2n) is 4.58. The van der Waals surface area contributed by atoms with Crippen molar-refractivity contribution in [2.75, 3.05) is 11.9 Å². The van der Waals surface area contributed by atoms with Crippen LogP contribution in [0, 0.1) is 11.2 Å². The first-order valence-electron chi connectivity index (χ1n) is 5.15. The molecule has 1 rings (SSSR count). The predicted molar refractivity (Wildman–Crippen MR) is 74.0 cm³/mol. The first kappa shape index (κ1) is 14.6. The van der Waals surface area contributed by atoms with Gasteiger partial charge in [0.15, 0.2) is 0 Å². The van der Waals surface area contributed by atoms with Gasteiger partial charge in [-0.05, 0) is 33.5 Å². The Bertz CT molecular complexity index is 421. The van der Waals surface area contributed by atoms with Crippen LogP contribution in [0.15, 0.2) is 22.7 Å². The Kier molecular flexibility index (Phi) is 5.13. The maximum absolute atomic E-state index is 13.2. The topological polar surface area (TPSA) is 29.1 Å². The van der Waals surface area contributed by atoms with Crippen molar-refractivity contribution in [3.05, 3.63) is 34.1 Å². The Hall–Kier alpha value is -0.420. The van der Waals surface area contributed by atoms with Crippen molar-refractivity contribution in [1.29, 1.82) is 0 Å². The van der Waals surface area contributed by atoms with Gasteiger partial charge in [0.25, 0.3) is 5.91 Å². The maximum Gasteiger partial charge on any atom is 0.252 e. The molecule has 17 heavy (non-hydrogen) atoms. The second-order valence-corrected chi connectivity index (χ2v) is 5.94. The Morgan fingerprint density at radius 2 is 2.12 bits per heavy atom. The summed E-state index contributed by atoms with van der Waals surface area (Å²) in [5.74, 6) is -0.706. The van der Waals surface area contributed by atoms with Crippen LogP contribution >= 0.6 is 31.9 Å². The minimum absolute atomic E-state index is 0.0323. The van der Waals surface area contributed by atoms with Gasteiger partial charge in [0.05, 0.1) is 10.0 Å². The summed E-state index contributed by atoms with van der Waals surface area (Å²) in [7, 11) is 0. The van der Waals surface area contributed by atoms with E-state index in [2.05, 4.69) is 37.2 Å². The SMILES string of the molecule is CC(C)(CBr)CNC(=O)c1cccc(F)c1Br. The molecule has 0 saturated heterocycles. The highest BCUT2D eigenvalue weighted by Crippen LogP contribution is 2.21. The number of hydrogen-bond acceptors (Lipinski definition) is 1. The van der Waals surface area contributed by atoms with Gasteiger partial charge < -0.3 is 5.32 Å². The van der Waals surface area contributed by atoms with E-state index >= 15 is 0 Å². The molecule has 0 aliphatic heterocycles. The lowest BCUT2D eigenvalue weighted by atomic mass is 9.97. The number of alkyl halides is 1. The van der Waals surface area contributed by atoms with Gasteiger partial charge in [-0.25, -0.2) is 4.39 Å². The average molecular weight is 367 g/mol. The third-order valence-electron chi connectivity index (χ3n) is 2.29. The number of rotatable bonds is 4. The zero-order valence-electron chi connectivity index (χ0n) is 9.69. The minimum atomic E-state index is -0.433. The van der Waals surface area contributed by atoms with E-state index in [0.29, 0.717) is 12.1 Å². The van der Waals surface area contributed by atoms with Gasteiger partial charge in [0.1, 0.15) is 5.82 Å². The van der Waals surface area contributed by atoms with Gasteiger partial charge >= 0.3 is 0 Å². The molecule has 0 aliphatic rings. The van der Waals surface area contributed by atoms with Gasteiger partial charge in [0, 0.05) is 11.9 Å². The molecular formula is C12H14Br2FNO. The molecule has 1 aromatic carbocycles. The third-order valence-corrected chi connectivity index (χ3v) is 4.61. The summed E-state index contributed by atoms with van der Waals surface area (Å²) >= 11 is 6.46. The van der Waals surface area contributed by atoms with Gasteiger partial charge in [-0.2, -0.15) is 0 Å². The molecule has 0 bridgehead atoms. The third kappa shape index (κ3) is 4.07. The van der Waals surface area contributed by atoms with Gasteiger partial charge in [-0.3, -0.25) is 4.79 Å². The van der Waals surface area contributed by atoms with Crippen LogP contribution in [0.3, 0.4) is 0 Å². The van der Waals surface area contributed by atoms with Crippen LogP contribution in [0.5, 0.6) is 0 Å². The molecule has 0 radical (unpaired) electrons. The minimum Gasteiger partial charge on any atom is -0.351 e. The fourth-order valence-corrected chi connectivity index (χ4v) is 1.78. The maximum atomic E-state index is 13.2. The zero-order valence-corrected chi connectivity index (χ0v) is 12.9. The Morgan fingerprint density at radius 3 is 2.71 bits per heavy atom. The zero-order chi connectivity index (χ0) is 13.1. The monoisotopic (exact) mass is 365 g/mol. The van der Waals surface area contributed by atoms with Crippen LogP contribution in [0.1, 0.15) is 24.2 Å². The van der Waals surface area contributed by atoms with Crippen LogP contribution in [-0.4, -0.2) is 17.8 Å². The highest BCUT2D eigenvalue weighted by molar-refractivity contribution is 9.10. The van der Waals surface area contributed by atoms with E-state index in [0.717, 1.165) is 5.33 Å². The molecule has 1 amide bonds. The normalized spacial score (nSPS) is 11.4. The number of hydrogen-bond donors (Lipinski definition) is 1. The first-order chi connectivity index (χ1) is 7.87. The van der Waals surface area contributed by atoms with E-state index in [1.54, 1.807) is 6.07 Å². The molecule has 0 heterocycles. The lowest BCUT2D eigenvalue weighted by Gasteiger charge is -2.22. The highest BCUT2D eigenvalue weighted by atomic mass is 79.9. The molecule has 2 nitrogen and oxygen atoms in total. The Labute approximate surface area is 117 Å². The largest absolute Gasteiger partial charge is 0.351 e. The van der Waals surface area contributed by atoms with E-state index < -0.39 is 5.82 Å². The summed E-state index contributed by atoms with van der Waals surface area (Å²) in [6.07, 6.45) is 0. The fraction of sp³-hybridized carbons (Fsp3) is 0.417. The molecule has 0 aromatic heterocycles. The molecule has 1 N–H and O–H groups in total. The van der Waals surface area contributed by atoms with E-state index in [1.807, 2.05) is 13.8 Å². The van der Waals surface area contributed by atoms with Crippen molar-refractivity contribution < 1.29 is 9.18 Å². The molecular weight excluding hydrogens is 353 g/mol. The summed E-state index contributed by atoms with van der Waals surface area (Å²) in [4.78, 5) is 11.9. The first-order valence-corrected chi connectivity index (χ1v) is 7.07. The van der Waals surface area contributed by atoms with Crippen LogP contribution in [0.4, 0.5) is 4.39 Å². The number of benzene rings is 1. The molecule has 0 atom stereocenters. The highest BCUT2D eigenvalue weighted by Gasteiger charge is 2.19. The lowest BCUT2D eigenvalue weighted by molar-refractivity contribution is 0.0939. The van der Waals surface area contributed by atoms with Crippen LogP contribution in [0.2, 0.25) is 0 Å². The van der Waals surface area contributed by atoms with Crippen molar-refractivity contribution in [3.8, 4) is 0 Å². The van der Waals surface area contributed by atoms with Crippen LogP contribution in [-0.2, 0) is 0 Å². The molecule has 0 saturated carbocycles. The van der Waals surface area contributed by atoms with Crippen LogP contribution in [0.25, 0.3) is 0 Å².